The largest absolute Gasteiger partial charge is 0.463 e. The zero-order chi connectivity index (χ0) is 23.2. The Balaban J connectivity index is 1.44. The Morgan fingerprint density at radius 3 is 2.67 bits per heavy atom. The lowest BCUT2D eigenvalue weighted by molar-refractivity contribution is -0.146. The van der Waals surface area contributed by atoms with E-state index in [1.165, 1.54) is 23.0 Å². The van der Waals surface area contributed by atoms with E-state index in [2.05, 4.69) is 15.1 Å². The van der Waals surface area contributed by atoms with E-state index in [4.69, 9.17) is 14.2 Å². The first-order valence-electron chi connectivity index (χ1n) is 10.7. The Morgan fingerprint density at radius 2 is 1.88 bits per heavy atom. The Bertz CT molecular complexity index is 1200. The molecule has 0 saturated heterocycles. The molecule has 2 aromatic heterocycles. The number of hydrogen-bond acceptors (Lipinski definition) is 9. The predicted molar refractivity (Wildman–Crippen MR) is 114 cm³/mol. The van der Waals surface area contributed by atoms with E-state index in [-0.39, 0.29) is 23.9 Å². The highest BCUT2D eigenvalue weighted by atomic mass is 16.6. The lowest BCUT2D eigenvalue weighted by Gasteiger charge is -2.07. The molecule has 0 radical (unpaired) electrons. The van der Waals surface area contributed by atoms with Gasteiger partial charge < -0.3 is 14.2 Å². The van der Waals surface area contributed by atoms with Gasteiger partial charge in [-0.3, -0.25) is 4.57 Å². The third-order valence-corrected chi connectivity index (χ3v) is 4.98. The first-order valence-corrected chi connectivity index (χ1v) is 10.7. The average molecular weight is 453 g/mol. The Kier molecular flexibility index (Phi) is 6.77. The number of nitrogens with zero attached hydrogens (tertiary/aromatic N) is 5. The fraction of sp³-hybridized carbons (Fsp3) is 0.364. The second-order valence-electron chi connectivity index (χ2n) is 7.28. The maximum absolute atomic E-state index is 12.8. The molecule has 11 heteroatoms. The van der Waals surface area contributed by atoms with Gasteiger partial charge in [0.15, 0.2) is 12.4 Å². The highest BCUT2D eigenvalue weighted by Gasteiger charge is 2.18. The first kappa shape index (κ1) is 22.2. The molecule has 0 amide bonds. The Morgan fingerprint density at radius 1 is 1.06 bits per heavy atom. The first-order chi connectivity index (χ1) is 16.0. The molecule has 0 atom stereocenters. The molecule has 0 N–H and O–H groups in total. The van der Waals surface area contributed by atoms with Crippen LogP contribution in [-0.2, 0) is 27.2 Å². The van der Waals surface area contributed by atoms with E-state index in [0.717, 1.165) is 31.5 Å². The van der Waals surface area contributed by atoms with Gasteiger partial charge in [-0.1, -0.05) is 6.42 Å². The van der Waals surface area contributed by atoms with Crippen LogP contribution in [0.25, 0.3) is 5.82 Å². The van der Waals surface area contributed by atoms with Crippen LogP contribution in [0, 0.1) is 0 Å². The summed E-state index contributed by atoms with van der Waals surface area (Å²) in [5.41, 5.74) is 0.00890. The molecular weight excluding hydrogens is 430 g/mol. The summed E-state index contributed by atoms with van der Waals surface area (Å²) < 4.78 is 18.2. The van der Waals surface area contributed by atoms with Crippen LogP contribution >= 0.6 is 0 Å². The van der Waals surface area contributed by atoms with Crippen LogP contribution in [0.3, 0.4) is 0 Å². The number of rotatable bonds is 7. The van der Waals surface area contributed by atoms with Crippen LogP contribution in [0.4, 0.5) is 0 Å². The number of aryl methyl sites for hydroxylation is 1. The van der Waals surface area contributed by atoms with E-state index in [9.17, 15) is 14.4 Å². The smallest absolute Gasteiger partial charge is 0.352 e. The molecule has 0 unspecified atom stereocenters. The van der Waals surface area contributed by atoms with Gasteiger partial charge in [-0.2, -0.15) is 9.67 Å². The summed E-state index contributed by atoms with van der Waals surface area (Å²) in [4.78, 5) is 44.5. The zero-order valence-corrected chi connectivity index (χ0v) is 18.1. The molecule has 4 rings (SSSR count). The summed E-state index contributed by atoms with van der Waals surface area (Å²) in [6.45, 7) is 2.07. The standard InChI is InChI=1S/C22H23N5O6/c1-2-31-19(28)14-32-20(29)15-7-9-16(10-8-15)33-21-23-12-11-17(24-21)27-22(30)26-13-5-3-4-6-18(26)25-27/h7-12H,2-6,13-14H2,1H3. The van der Waals surface area contributed by atoms with Crippen molar-refractivity contribution < 1.29 is 23.8 Å². The lowest BCUT2D eigenvalue weighted by Crippen LogP contribution is -2.24. The van der Waals surface area contributed by atoms with Gasteiger partial charge in [0.2, 0.25) is 0 Å². The second-order valence-corrected chi connectivity index (χ2v) is 7.28. The summed E-state index contributed by atoms with van der Waals surface area (Å²) in [5, 5.41) is 4.44. The molecular formula is C22H23N5O6. The number of ether oxygens (including phenoxy) is 3. The topological polar surface area (TPSA) is 127 Å². The number of esters is 2. The number of fused-ring (bicyclic) bond motifs is 1. The van der Waals surface area contributed by atoms with Crippen LogP contribution in [0.2, 0.25) is 0 Å². The number of carbonyl (C=O) groups excluding carboxylic acids is 2. The van der Waals surface area contributed by atoms with E-state index in [1.54, 1.807) is 29.7 Å². The van der Waals surface area contributed by atoms with Gasteiger partial charge in [-0.05, 0) is 44.0 Å². The molecule has 1 aliphatic heterocycles. The summed E-state index contributed by atoms with van der Waals surface area (Å²) in [5.74, 6) is 0.165. The predicted octanol–water partition coefficient (Wildman–Crippen LogP) is 2.06. The molecule has 0 bridgehead atoms. The van der Waals surface area contributed by atoms with Gasteiger partial charge >= 0.3 is 23.6 Å². The molecule has 11 nitrogen and oxygen atoms in total. The van der Waals surface area contributed by atoms with Gasteiger partial charge in [0.25, 0.3) is 0 Å². The lowest BCUT2D eigenvalue weighted by atomic mass is 10.2. The van der Waals surface area contributed by atoms with Crippen LogP contribution in [0.1, 0.15) is 42.4 Å². The van der Waals surface area contributed by atoms with Crippen molar-refractivity contribution in [3.63, 3.8) is 0 Å². The molecule has 3 aromatic rings. The van der Waals surface area contributed by atoms with Crippen LogP contribution < -0.4 is 10.4 Å². The minimum absolute atomic E-state index is 0.0280. The van der Waals surface area contributed by atoms with Gasteiger partial charge in [0.05, 0.1) is 12.2 Å². The molecule has 0 fully saturated rings. The number of benzene rings is 1. The van der Waals surface area contributed by atoms with Crippen molar-refractivity contribution in [2.45, 2.75) is 39.2 Å². The quantitative estimate of drug-likeness (QED) is 0.494. The fourth-order valence-corrected chi connectivity index (χ4v) is 3.40. The van der Waals surface area contributed by atoms with Crippen molar-refractivity contribution in [3.05, 3.63) is 58.4 Å². The molecule has 0 aliphatic carbocycles. The third-order valence-electron chi connectivity index (χ3n) is 4.98. The monoisotopic (exact) mass is 453 g/mol. The van der Waals surface area contributed by atoms with Gasteiger partial charge in [0, 0.05) is 25.2 Å². The van der Waals surface area contributed by atoms with E-state index < -0.39 is 18.5 Å². The summed E-state index contributed by atoms with van der Waals surface area (Å²) in [6, 6.07) is 7.68. The molecule has 0 spiro atoms. The summed E-state index contributed by atoms with van der Waals surface area (Å²) in [7, 11) is 0. The van der Waals surface area contributed by atoms with E-state index in [1.807, 2.05) is 0 Å². The Labute approximate surface area is 188 Å². The maximum Gasteiger partial charge on any atom is 0.352 e. The van der Waals surface area contributed by atoms with Crippen LogP contribution in [-0.4, -0.2) is 49.5 Å². The SMILES string of the molecule is CCOC(=O)COC(=O)c1ccc(Oc2nccc(-n3nc4n(c3=O)CCCCC4)n2)cc1. The van der Waals surface area contributed by atoms with Gasteiger partial charge in [0.1, 0.15) is 11.6 Å². The van der Waals surface area contributed by atoms with Crippen molar-refractivity contribution in [1.82, 2.24) is 24.3 Å². The number of aromatic nitrogens is 5. The highest BCUT2D eigenvalue weighted by molar-refractivity contribution is 5.90. The van der Waals surface area contributed by atoms with Crippen molar-refractivity contribution in [2.75, 3.05) is 13.2 Å². The maximum atomic E-state index is 12.8. The normalized spacial score (nSPS) is 13.0. The van der Waals surface area contributed by atoms with Gasteiger partial charge in [-0.15, -0.1) is 5.10 Å². The minimum Gasteiger partial charge on any atom is -0.463 e. The molecule has 1 aromatic carbocycles. The van der Waals surface area contributed by atoms with Crippen molar-refractivity contribution in [1.29, 1.82) is 0 Å². The molecule has 1 aliphatic rings. The van der Waals surface area contributed by atoms with Crippen molar-refractivity contribution in [2.24, 2.45) is 0 Å². The average Bonchev–Trinajstić information content (AvgIpc) is 2.98. The molecule has 33 heavy (non-hydrogen) atoms. The fourth-order valence-electron chi connectivity index (χ4n) is 3.40. The third kappa shape index (κ3) is 5.25. The van der Waals surface area contributed by atoms with Crippen molar-refractivity contribution >= 4 is 11.9 Å². The highest BCUT2D eigenvalue weighted by Crippen LogP contribution is 2.19. The Hall–Kier alpha value is -4.02. The van der Waals surface area contributed by atoms with Crippen molar-refractivity contribution in [3.8, 4) is 17.6 Å². The molecule has 172 valence electrons. The van der Waals surface area contributed by atoms with Gasteiger partial charge in [-0.25, -0.2) is 19.4 Å². The second kappa shape index (κ2) is 10.1. The molecule has 0 saturated carbocycles. The number of hydrogen-bond donors (Lipinski definition) is 0. The van der Waals surface area contributed by atoms with Crippen LogP contribution in [0.15, 0.2) is 41.3 Å². The summed E-state index contributed by atoms with van der Waals surface area (Å²) in [6.07, 6.45) is 5.27. The summed E-state index contributed by atoms with van der Waals surface area (Å²) >= 11 is 0. The van der Waals surface area contributed by atoms with E-state index in [0.29, 0.717) is 18.1 Å². The van der Waals surface area contributed by atoms with Crippen LogP contribution in [0.5, 0.6) is 11.8 Å². The minimum atomic E-state index is -0.660. The number of carbonyl (C=O) groups is 2. The molecule has 3 heterocycles. The van der Waals surface area contributed by atoms with E-state index >= 15 is 0 Å². The zero-order valence-electron chi connectivity index (χ0n) is 18.1.